The van der Waals surface area contributed by atoms with E-state index in [9.17, 15) is 0 Å². The maximum Gasteiger partial charge on any atom is 0.00668 e. The van der Waals surface area contributed by atoms with E-state index < -0.39 is 0 Å². The van der Waals surface area contributed by atoms with Gasteiger partial charge in [-0.15, -0.1) is 0 Å². The molecule has 90 valence electrons. The van der Waals surface area contributed by atoms with Crippen LogP contribution in [0.4, 0.5) is 0 Å². The summed E-state index contributed by atoms with van der Waals surface area (Å²) in [4.78, 5) is 0. The van der Waals surface area contributed by atoms with E-state index in [2.05, 4.69) is 39.9 Å². The Morgan fingerprint density at radius 1 is 1.07 bits per heavy atom. The van der Waals surface area contributed by atoms with Crippen molar-refractivity contribution in [2.75, 3.05) is 6.54 Å². The van der Waals surface area contributed by atoms with Gasteiger partial charge >= 0.3 is 0 Å². The summed E-state index contributed by atoms with van der Waals surface area (Å²) in [6.07, 6.45) is 4.33. The van der Waals surface area contributed by atoms with Crippen molar-refractivity contribution in [3.05, 3.63) is 0 Å². The van der Waals surface area contributed by atoms with Crippen molar-refractivity contribution in [2.45, 2.75) is 59.9 Å². The largest absolute Gasteiger partial charge is 0.314 e. The molecule has 0 radical (unpaired) electrons. The highest BCUT2D eigenvalue weighted by Crippen LogP contribution is 2.37. The predicted molar refractivity (Wildman–Crippen MR) is 68.0 cm³/mol. The van der Waals surface area contributed by atoms with Gasteiger partial charge in [-0.25, -0.2) is 0 Å². The van der Waals surface area contributed by atoms with E-state index in [0.717, 1.165) is 30.2 Å². The summed E-state index contributed by atoms with van der Waals surface area (Å²) in [5.74, 6) is 3.65. The molecule has 0 saturated heterocycles. The zero-order chi connectivity index (χ0) is 11.4. The molecule has 1 aliphatic rings. The maximum absolute atomic E-state index is 3.57. The highest BCUT2D eigenvalue weighted by atomic mass is 14.9. The van der Waals surface area contributed by atoms with E-state index in [1.807, 2.05) is 0 Å². The van der Waals surface area contributed by atoms with Gasteiger partial charge < -0.3 is 5.32 Å². The average molecular weight is 211 g/mol. The molecule has 4 atom stereocenters. The van der Waals surface area contributed by atoms with E-state index in [4.69, 9.17) is 0 Å². The lowest BCUT2D eigenvalue weighted by Gasteiger charge is -2.37. The van der Waals surface area contributed by atoms with Crippen LogP contribution in [-0.2, 0) is 0 Å². The molecule has 0 bridgehead atoms. The number of rotatable bonds is 4. The second-order valence-corrected chi connectivity index (χ2v) is 5.88. The second kappa shape index (κ2) is 5.89. The fraction of sp³-hybridized carbons (Fsp3) is 1.00. The van der Waals surface area contributed by atoms with E-state index in [-0.39, 0.29) is 0 Å². The third-order valence-corrected chi connectivity index (χ3v) is 4.27. The Hall–Kier alpha value is -0.0400. The molecule has 1 nitrogen and oxygen atoms in total. The minimum atomic E-state index is 0.678. The van der Waals surface area contributed by atoms with Crippen molar-refractivity contribution >= 4 is 0 Å². The Kier molecular flexibility index (Phi) is 5.11. The summed E-state index contributed by atoms with van der Waals surface area (Å²) in [5, 5.41) is 3.57. The van der Waals surface area contributed by atoms with Crippen LogP contribution in [0.15, 0.2) is 0 Å². The summed E-state index contributed by atoms with van der Waals surface area (Å²) in [7, 11) is 0. The van der Waals surface area contributed by atoms with Crippen LogP contribution in [0.5, 0.6) is 0 Å². The maximum atomic E-state index is 3.57. The first-order valence-electron chi connectivity index (χ1n) is 6.77. The van der Waals surface area contributed by atoms with Crippen molar-refractivity contribution in [3.63, 3.8) is 0 Å². The Labute approximate surface area is 96.0 Å². The molecule has 0 amide bonds. The van der Waals surface area contributed by atoms with Crippen LogP contribution in [0.1, 0.15) is 53.9 Å². The Morgan fingerprint density at radius 2 is 1.60 bits per heavy atom. The molecule has 1 fully saturated rings. The third kappa shape index (κ3) is 3.79. The summed E-state index contributed by atoms with van der Waals surface area (Å²) in [6, 6.07) is 0.678. The minimum Gasteiger partial charge on any atom is -0.314 e. The molecule has 1 aliphatic carbocycles. The van der Waals surface area contributed by atoms with Crippen LogP contribution >= 0.6 is 0 Å². The van der Waals surface area contributed by atoms with E-state index in [0.29, 0.717) is 6.04 Å². The van der Waals surface area contributed by atoms with Crippen molar-refractivity contribution in [2.24, 2.45) is 23.7 Å². The molecule has 1 heteroatoms. The van der Waals surface area contributed by atoms with Gasteiger partial charge in [0.1, 0.15) is 0 Å². The molecule has 1 N–H and O–H groups in total. The topological polar surface area (TPSA) is 12.0 Å². The molecule has 0 spiro atoms. The van der Waals surface area contributed by atoms with Gasteiger partial charge in [-0.2, -0.15) is 0 Å². The fourth-order valence-corrected chi connectivity index (χ4v) is 3.35. The molecule has 4 unspecified atom stereocenters. The molecule has 0 aromatic carbocycles. The van der Waals surface area contributed by atoms with Gasteiger partial charge in [0, 0.05) is 6.04 Å². The SMILES string of the molecule is CCNC(C)C(C)C1CC(C)CC(C)C1. The lowest BCUT2D eigenvalue weighted by molar-refractivity contribution is 0.147. The van der Waals surface area contributed by atoms with Crippen LogP contribution in [0, 0.1) is 23.7 Å². The van der Waals surface area contributed by atoms with Gasteiger partial charge in [-0.1, -0.05) is 27.7 Å². The summed E-state index contributed by atoms with van der Waals surface area (Å²) in [5.41, 5.74) is 0. The molecule has 1 saturated carbocycles. The smallest absolute Gasteiger partial charge is 0.00668 e. The average Bonchev–Trinajstić information content (AvgIpc) is 2.15. The zero-order valence-electron chi connectivity index (χ0n) is 11.2. The first-order valence-corrected chi connectivity index (χ1v) is 6.77. The molecule has 0 aromatic heterocycles. The summed E-state index contributed by atoms with van der Waals surface area (Å²) < 4.78 is 0. The fourth-order valence-electron chi connectivity index (χ4n) is 3.35. The zero-order valence-corrected chi connectivity index (χ0v) is 11.2. The van der Waals surface area contributed by atoms with Crippen molar-refractivity contribution in [1.29, 1.82) is 0 Å². The second-order valence-electron chi connectivity index (χ2n) is 5.88. The highest BCUT2D eigenvalue weighted by molar-refractivity contribution is 4.82. The predicted octanol–water partition coefficient (Wildman–Crippen LogP) is 3.69. The molecule has 15 heavy (non-hydrogen) atoms. The van der Waals surface area contributed by atoms with Gasteiger partial charge in [0.2, 0.25) is 0 Å². The van der Waals surface area contributed by atoms with Gasteiger partial charge in [0.05, 0.1) is 0 Å². The Morgan fingerprint density at radius 3 is 2.07 bits per heavy atom. The van der Waals surface area contributed by atoms with Gasteiger partial charge in [0.15, 0.2) is 0 Å². The summed E-state index contributed by atoms with van der Waals surface area (Å²) >= 11 is 0. The Balaban J connectivity index is 2.47. The molecule has 1 rings (SSSR count). The van der Waals surface area contributed by atoms with E-state index in [1.54, 1.807) is 0 Å². The number of hydrogen-bond acceptors (Lipinski definition) is 1. The number of hydrogen-bond donors (Lipinski definition) is 1. The molecular weight excluding hydrogens is 182 g/mol. The first kappa shape index (κ1) is 13.0. The van der Waals surface area contributed by atoms with Crippen LogP contribution in [0.2, 0.25) is 0 Å². The van der Waals surface area contributed by atoms with E-state index in [1.165, 1.54) is 19.3 Å². The minimum absolute atomic E-state index is 0.678. The van der Waals surface area contributed by atoms with Crippen LogP contribution in [0.25, 0.3) is 0 Å². The van der Waals surface area contributed by atoms with Gasteiger partial charge in [0.25, 0.3) is 0 Å². The lowest BCUT2D eigenvalue weighted by atomic mass is 9.70. The molecule has 0 heterocycles. The standard InChI is InChI=1S/C14H29N/c1-6-15-13(5)12(4)14-8-10(2)7-11(3)9-14/h10-15H,6-9H2,1-5H3. The number of nitrogens with one attached hydrogen (secondary N) is 1. The third-order valence-electron chi connectivity index (χ3n) is 4.27. The Bertz CT molecular complexity index is 168. The van der Waals surface area contributed by atoms with Crippen LogP contribution in [0.3, 0.4) is 0 Å². The summed E-state index contributed by atoms with van der Waals surface area (Å²) in [6.45, 7) is 12.9. The lowest BCUT2D eigenvalue weighted by Crippen LogP contribution is -2.38. The first-order chi connectivity index (χ1) is 7.04. The van der Waals surface area contributed by atoms with Crippen LogP contribution < -0.4 is 5.32 Å². The van der Waals surface area contributed by atoms with Crippen molar-refractivity contribution in [3.8, 4) is 0 Å². The normalized spacial score (nSPS) is 36.2. The molecule has 0 aromatic rings. The highest BCUT2D eigenvalue weighted by Gasteiger charge is 2.29. The monoisotopic (exact) mass is 211 g/mol. The van der Waals surface area contributed by atoms with Crippen molar-refractivity contribution in [1.82, 2.24) is 5.32 Å². The molecule has 0 aliphatic heterocycles. The van der Waals surface area contributed by atoms with Crippen molar-refractivity contribution < 1.29 is 0 Å². The van der Waals surface area contributed by atoms with Gasteiger partial charge in [-0.05, 0) is 56.4 Å². The molecular formula is C14H29N. The quantitative estimate of drug-likeness (QED) is 0.748. The van der Waals surface area contributed by atoms with E-state index >= 15 is 0 Å². The van der Waals surface area contributed by atoms with Crippen LogP contribution in [-0.4, -0.2) is 12.6 Å². The van der Waals surface area contributed by atoms with Gasteiger partial charge in [-0.3, -0.25) is 0 Å².